The second-order valence-corrected chi connectivity index (χ2v) is 16.7. The number of hydrogen-bond acceptors (Lipinski definition) is 6. The highest BCUT2D eigenvalue weighted by Crippen LogP contribution is 2.57. The molecule has 8 bridgehead atoms. The Morgan fingerprint density at radius 3 is 1.62 bits per heavy atom. The summed E-state index contributed by atoms with van der Waals surface area (Å²) >= 11 is 31.6. The number of halogens is 4. The molecule has 9 rings (SSSR count). The minimum Gasteiger partial charge on any atom is -0.356 e. The van der Waals surface area contributed by atoms with Crippen LogP contribution in [-0.4, -0.2) is 51.3 Å². The monoisotopic (exact) mass is 814 g/mol. The Morgan fingerprint density at radius 2 is 1.02 bits per heavy atom. The van der Waals surface area contributed by atoms with Crippen LogP contribution in [0.4, 0.5) is 0 Å². The van der Waals surface area contributed by atoms with Gasteiger partial charge in [0.15, 0.2) is 19.7 Å². The number of hydrogen-bond donors (Lipinski definition) is 2. The average Bonchev–Trinajstić information content (AvgIpc) is 4.00. The molecule has 0 spiro atoms. The van der Waals surface area contributed by atoms with E-state index >= 15 is 0 Å². The van der Waals surface area contributed by atoms with Crippen LogP contribution in [0.5, 0.6) is 0 Å². The third-order valence-electron chi connectivity index (χ3n) is 10.6. The molecule has 0 fully saturated rings. The number of allylic oxidation sites excluding steroid dienone is 2. The molecule has 0 radical (unpaired) electrons. The maximum absolute atomic E-state index is 8.02. The lowest BCUT2D eigenvalue weighted by molar-refractivity contribution is 0.560. The smallest absolute Gasteiger partial charge is 0.181 e. The number of aromatic amines is 2. The summed E-state index contributed by atoms with van der Waals surface area (Å²) in [5.74, 6) is 0. The van der Waals surface area contributed by atoms with Crippen molar-refractivity contribution in [3.05, 3.63) is 189 Å². The Bertz CT molecular complexity index is 2850. The molecule has 2 N–H and O–H groups in total. The molecule has 4 atom stereocenters. The van der Waals surface area contributed by atoms with Crippen molar-refractivity contribution in [2.24, 2.45) is 9.98 Å². The van der Waals surface area contributed by atoms with Crippen molar-refractivity contribution in [2.45, 2.75) is 47.4 Å². The fourth-order valence-corrected chi connectivity index (χ4v) is 9.30. The molecular weight excluding hydrogens is 782 g/mol. The molecule has 278 valence electrons. The number of H-pyrrole nitrogens is 2. The number of nitrogens with one attached hydrogen (secondary N) is 2. The first-order valence-corrected chi connectivity index (χ1v) is 19.5. The molecule has 0 aromatic carbocycles. The molecule has 6 aromatic heterocycles. The van der Waals surface area contributed by atoms with E-state index in [4.69, 9.17) is 56.4 Å². The summed E-state index contributed by atoms with van der Waals surface area (Å²) in [6.07, 6.45) is 14.3. The van der Waals surface area contributed by atoms with Gasteiger partial charge >= 0.3 is 0 Å². The Hall–Kier alpha value is -5.12. The van der Waals surface area contributed by atoms with E-state index in [1.165, 1.54) is 0 Å². The van der Waals surface area contributed by atoms with Crippen LogP contribution >= 0.6 is 46.4 Å². The standard InChI is InChI=1S/C44H34Cl4N8/c1-25-21-29(11-17-49-25)39-33-5-6-34(53-33)40(30-12-18-50-26(2)22-30)36-9-15-41(45,55-36)44(48,32-14-20-52-28(4)24-32)38-10-16-42(46,56-38)43(47,37-8-7-35(39)54-37)31-13-19-51-27(3)23-31/h5-24,53-54H,1-4H3. The zero-order valence-corrected chi connectivity index (χ0v) is 33.8. The molecule has 3 aliphatic rings. The molecule has 56 heavy (non-hydrogen) atoms. The third kappa shape index (κ3) is 5.65. The first kappa shape index (κ1) is 36.5. The van der Waals surface area contributed by atoms with Crippen LogP contribution in [0, 0.1) is 27.7 Å². The Labute approximate surface area is 343 Å². The molecular formula is C44H34Cl4N8. The quantitative estimate of drug-likeness (QED) is 0.139. The van der Waals surface area contributed by atoms with E-state index in [0.717, 1.165) is 61.4 Å². The van der Waals surface area contributed by atoms with Gasteiger partial charge in [-0.3, -0.25) is 29.9 Å². The molecule has 9 heterocycles. The number of aliphatic imine (C=N–C) groups is 2. The van der Waals surface area contributed by atoms with Crippen LogP contribution in [0.15, 0.2) is 132 Å². The van der Waals surface area contributed by atoms with E-state index in [-0.39, 0.29) is 0 Å². The highest BCUT2D eigenvalue weighted by atomic mass is 35.5. The second-order valence-electron chi connectivity index (χ2n) is 14.4. The van der Waals surface area contributed by atoms with Crippen molar-refractivity contribution >= 4 is 69.0 Å². The molecule has 4 unspecified atom stereocenters. The van der Waals surface area contributed by atoms with E-state index in [9.17, 15) is 0 Å². The Balaban J connectivity index is 1.44. The minimum absolute atomic E-state index is 0.377. The van der Waals surface area contributed by atoms with Crippen LogP contribution in [0.2, 0.25) is 0 Å². The molecule has 0 amide bonds. The molecule has 3 aliphatic heterocycles. The van der Waals surface area contributed by atoms with Gasteiger partial charge in [-0.15, -0.1) is 23.2 Å². The van der Waals surface area contributed by atoms with Gasteiger partial charge in [0.1, 0.15) is 0 Å². The van der Waals surface area contributed by atoms with Crippen molar-refractivity contribution in [3.63, 3.8) is 0 Å². The van der Waals surface area contributed by atoms with Crippen LogP contribution in [0.3, 0.4) is 0 Å². The van der Waals surface area contributed by atoms with Gasteiger partial charge in [0, 0.05) is 80.8 Å². The van der Waals surface area contributed by atoms with Gasteiger partial charge in [-0.1, -0.05) is 23.2 Å². The predicted octanol–water partition coefficient (Wildman–Crippen LogP) is 8.12. The number of aryl methyl sites for hydroxylation is 4. The zero-order chi connectivity index (χ0) is 39.0. The van der Waals surface area contributed by atoms with Gasteiger partial charge in [0.25, 0.3) is 0 Å². The van der Waals surface area contributed by atoms with Crippen molar-refractivity contribution < 1.29 is 0 Å². The van der Waals surface area contributed by atoms with Gasteiger partial charge in [0.2, 0.25) is 0 Å². The third-order valence-corrected chi connectivity index (χ3v) is 13.2. The first-order chi connectivity index (χ1) is 26.8. The molecule has 6 aromatic rings. The van der Waals surface area contributed by atoms with Gasteiger partial charge in [-0.05, 0) is 147 Å². The fourth-order valence-electron chi connectivity index (χ4n) is 7.92. The fraction of sp³-hybridized carbons (Fsp3) is 0.182. The summed E-state index contributed by atoms with van der Waals surface area (Å²) in [4.78, 5) is 29.6. The lowest BCUT2D eigenvalue weighted by Crippen LogP contribution is -2.47. The SMILES string of the molecule is Cc1cc(C2=c3ccc([nH]3)=C(c3ccnc(C)c3)c3ccc([nH]3)C(Cl)(c3ccnc(C)c3)C3(Cl)C=CC(=N3)C(Cl)(c3ccnc(C)c3)C3(Cl)C=CC2=N3)ccn1. The predicted molar refractivity (Wildman–Crippen MR) is 225 cm³/mol. The van der Waals surface area contributed by atoms with Crippen LogP contribution in [-0.2, 0) is 9.75 Å². The summed E-state index contributed by atoms with van der Waals surface area (Å²) in [5, 5.41) is 1.66. The molecule has 12 heteroatoms. The normalized spacial score (nSPS) is 25.4. The van der Waals surface area contributed by atoms with E-state index < -0.39 is 19.7 Å². The van der Waals surface area contributed by atoms with Crippen LogP contribution < -0.4 is 10.7 Å². The summed E-state index contributed by atoms with van der Waals surface area (Å²) < 4.78 is 0. The topological polar surface area (TPSA) is 108 Å². The number of nitrogens with zero attached hydrogens (tertiary/aromatic N) is 6. The first-order valence-electron chi connectivity index (χ1n) is 18.0. The summed E-state index contributed by atoms with van der Waals surface area (Å²) in [6.45, 7) is 7.74. The number of aromatic nitrogens is 6. The maximum atomic E-state index is 8.02. The van der Waals surface area contributed by atoms with E-state index in [0.29, 0.717) is 28.2 Å². The maximum Gasteiger partial charge on any atom is 0.181 e. The Kier molecular flexibility index (Phi) is 8.63. The highest BCUT2D eigenvalue weighted by Gasteiger charge is 2.60. The van der Waals surface area contributed by atoms with E-state index in [2.05, 4.69) is 48.1 Å². The van der Waals surface area contributed by atoms with Crippen molar-refractivity contribution in [1.82, 2.24) is 29.9 Å². The van der Waals surface area contributed by atoms with E-state index in [1.54, 1.807) is 36.9 Å². The lowest BCUT2D eigenvalue weighted by Gasteiger charge is -2.39. The lowest BCUT2D eigenvalue weighted by atomic mass is 9.86. The molecule has 0 saturated carbocycles. The van der Waals surface area contributed by atoms with Gasteiger partial charge in [-0.25, -0.2) is 0 Å². The molecule has 0 saturated heterocycles. The van der Waals surface area contributed by atoms with Crippen molar-refractivity contribution in [3.8, 4) is 0 Å². The largest absolute Gasteiger partial charge is 0.356 e. The summed E-state index contributed by atoms with van der Waals surface area (Å²) in [7, 11) is 0. The Morgan fingerprint density at radius 1 is 0.500 bits per heavy atom. The minimum atomic E-state index is -1.61. The number of fused-ring (bicyclic) bond motifs is 6. The van der Waals surface area contributed by atoms with Gasteiger partial charge < -0.3 is 9.97 Å². The second kappa shape index (κ2) is 13.2. The molecule has 8 nitrogen and oxygen atoms in total. The highest BCUT2D eigenvalue weighted by molar-refractivity contribution is 6.48. The zero-order valence-electron chi connectivity index (χ0n) is 30.7. The number of alkyl halides is 4. The summed E-state index contributed by atoms with van der Waals surface area (Å²) in [5.41, 5.74) is 10.5. The van der Waals surface area contributed by atoms with Crippen LogP contribution in [0.1, 0.15) is 56.4 Å². The van der Waals surface area contributed by atoms with Crippen molar-refractivity contribution in [2.75, 3.05) is 0 Å². The summed E-state index contributed by atoms with van der Waals surface area (Å²) in [6, 6.07) is 23.6. The van der Waals surface area contributed by atoms with Crippen LogP contribution in [0.25, 0.3) is 11.1 Å². The molecule has 0 aliphatic carbocycles. The average molecular weight is 817 g/mol. The van der Waals surface area contributed by atoms with Gasteiger partial charge in [-0.2, -0.15) is 0 Å². The number of rotatable bonds is 4. The van der Waals surface area contributed by atoms with E-state index in [1.807, 2.05) is 94.4 Å². The van der Waals surface area contributed by atoms with Gasteiger partial charge in [0.05, 0.1) is 11.4 Å². The van der Waals surface area contributed by atoms with Crippen molar-refractivity contribution in [1.29, 1.82) is 0 Å². The number of pyridine rings is 4.